The van der Waals surface area contributed by atoms with Crippen LogP contribution in [0.1, 0.15) is 44.4 Å². The van der Waals surface area contributed by atoms with Crippen LogP contribution in [-0.2, 0) is 6.54 Å². The predicted molar refractivity (Wildman–Crippen MR) is 103 cm³/mol. The van der Waals surface area contributed by atoms with E-state index in [1.807, 2.05) is 0 Å². The zero-order chi connectivity index (χ0) is 17.3. The molecule has 3 N–H and O–H groups in total. The zero-order valence-electron chi connectivity index (χ0n) is 15.0. The molecule has 0 saturated heterocycles. The molecule has 3 nitrogen and oxygen atoms in total. The number of hydrogen-bond acceptors (Lipinski definition) is 3. The van der Waals surface area contributed by atoms with Crippen LogP contribution in [0.25, 0.3) is 11.4 Å². The summed E-state index contributed by atoms with van der Waals surface area (Å²) in [6.07, 6.45) is 0. The number of hydrogen-bond donors (Lipinski definition) is 2. The van der Waals surface area contributed by atoms with Crippen molar-refractivity contribution in [2.45, 2.75) is 46.3 Å². The monoisotopic (exact) mass is 321 g/mol. The number of para-hydroxylation sites is 1. The largest absolute Gasteiger partial charge is 0.396 e. The van der Waals surface area contributed by atoms with E-state index < -0.39 is 0 Å². The summed E-state index contributed by atoms with van der Waals surface area (Å²) in [5, 5.41) is 3.58. The minimum Gasteiger partial charge on any atom is -0.396 e. The molecule has 1 aliphatic heterocycles. The minimum absolute atomic E-state index is 0.319. The lowest BCUT2D eigenvalue weighted by Gasteiger charge is -2.34. The van der Waals surface area contributed by atoms with Crippen molar-refractivity contribution in [2.75, 3.05) is 4.90 Å². The molecule has 0 saturated carbocycles. The van der Waals surface area contributed by atoms with E-state index in [1.165, 1.54) is 16.8 Å². The summed E-state index contributed by atoms with van der Waals surface area (Å²) >= 11 is 0. The molecule has 0 aromatic heterocycles. The van der Waals surface area contributed by atoms with Crippen molar-refractivity contribution in [1.29, 1.82) is 0 Å². The van der Waals surface area contributed by atoms with Crippen molar-refractivity contribution < 1.29 is 0 Å². The SMILES string of the molecule is CC(C)N/C1=C(\N)c2ccccc2N(C(C)C)Cc2ccccc21. The van der Waals surface area contributed by atoms with Crippen LogP contribution in [0.15, 0.2) is 48.5 Å². The third-order valence-corrected chi connectivity index (χ3v) is 4.46. The molecule has 1 aliphatic rings. The Morgan fingerprint density at radius 3 is 2.21 bits per heavy atom. The maximum absolute atomic E-state index is 6.68. The average Bonchev–Trinajstić information content (AvgIpc) is 2.56. The van der Waals surface area contributed by atoms with Crippen molar-refractivity contribution in [3.05, 3.63) is 65.2 Å². The molecule has 0 amide bonds. The fourth-order valence-corrected chi connectivity index (χ4v) is 3.31. The second-order valence-corrected chi connectivity index (χ2v) is 6.98. The number of benzene rings is 2. The summed E-state index contributed by atoms with van der Waals surface area (Å²) in [5.41, 5.74) is 13.3. The van der Waals surface area contributed by atoms with E-state index in [-0.39, 0.29) is 0 Å². The van der Waals surface area contributed by atoms with Gasteiger partial charge in [0.25, 0.3) is 0 Å². The van der Waals surface area contributed by atoms with Gasteiger partial charge >= 0.3 is 0 Å². The van der Waals surface area contributed by atoms with Crippen molar-refractivity contribution in [2.24, 2.45) is 5.73 Å². The average molecular weight is 321 g/mol. The molecule has 3 heteroatoms. The molecule has 0 aliphatic carbocycles. The van der Waals surface area contributed by atoms with Gasteiger partial charge in [-0.2, -0.15) is 0 Å². The summed E-state index contributed by atoms with van der Waals surface area (Å²) in [5.74, 6) is 0. The van der Waals surface area contributed by atoms with Crippen molar-refractivity contribution in [1.82, 2.24) is 5.32 Å². The molecule has 3 rings (SSSR count). The van der Waals surface area contributed by atoms with Gasteiger partial charge in [0.1, 0.15) is 0 Å². The molecule has 1 heterocycles. The number of rotatable bonds is 3. The van der Waals surface area contributed by atoms with Crippen LogP contribution >= 0.6 is 0 Å². The highest BCUT2D eigenvalue weighted by molar-refractivity contribution is 5.94. The first kappa shape index (κ1) is 16.4. The Morgan fingerprint density at radius 2 is 1.54 bits per heavy atom. The summed E-state index contributed by atoms with van der Waals surface area (Å²) in [4.78, 5) is 2.42. The normalized spacial score (nSPS) is 17.3. The van der Waals surface area contributed by atoms with Gasteiger partial charge in [0.05, 0.1) is 11.4 Å². The third kappa shape index (κ3) is 2.99. The molecule has 0 atom stereocenters. The van der Waals surface area contributed by atoms with Gasteiger partial charge in [0, 0.05) is 35.4 Å². The molecule has 0 bridgehead atoms. The highest BCUT2D eigenvalue weighted by atomic mass is 15.2. The van der Waals surface area contributed by atoms with Crippen LogP contribution < -0.4 is 16.0 Å². The Balaban J connectivity index is 2.30. The minimum atomic E-state index is 0.319. The van der Waals surface area contributed by atoms with Crippen LogP contribution in [0.2, 0.25) is 0 Å². The van der Waals surface area contributed by atoms with Gasteiger partial charge in [-0.15, -0.1) is 0 Å². The second-order valence-electron chi connectivity index (χ2n) is 6.98. The van der Waals surface area contributed by atoms with Gasteiger partial charge in [-0.1, -0.05) is 42.5 Å². The Bertz CT molecular complexity index is 759. The smallest absolute Gasteiger partial charge is 0.0659 e. The molecule has 2 aromatic rings. The Hall–Kier alpha value is -2.42. The molecule has 24 heavy (non-hydrogen) atoms. The van der Waals surface area contributed by atoms with E-state index >= 15 is 0 Å². The zero-order valence-corrected chi connectivity index (χ0v) is 15.0. The lowest BCUT2D eigenvalue weighted by Crippen LogP contribution is -2.34. The Labute approximate surface area is 145 Å². The van der Waals surface area contributed by atoms with Gasteiger partial charge in [-0.05, 0) is 39.3 Å². The predicted octanol–water partition coefficient (Wildman–Crippen LogP) is 4.20. The number of anilines is 1. The molecule has 2 aromatic carbocycles. The quantitative estimate of drug-likeness (QED) is 0.890. The van der Waals surface area contributed by atoms with Gasteiger partial charge in [0.15, 0.2) is 0 Å². The van der Waals surface area contributed by atoms with Crippen LogP contribution in [0, 0.1) is 0 Å². The first-order valence-electron chi connectivity index (χ1n) is 8.69. The third-order valence-electron chi connectivity index (χ3n) is 4.46. The first-order valence-corrected chi connectivity index (χ1v) is 8.69. The van der Waals surface area contributed by atoms with Crippen LogP contribution in [0.3, 0.4) is 0 Å². The van der Waals surface area contributed by atoms with Gasteiger partial charge < -0.3 is 16.0 Å². The number of nitrogens with zero attached hydrogens (tertiary/aromatic N) is 1. The first-order chi connectivity index (χ1) is 11.5. The standard InChI is InChI=1S/C21H27N3/c1-14(2)23-21-17-10-6-5-9-16(17)13-24(15(3)4)19-12-8-7-11-18(19)20(21)22/h5-12,14-15,23H,13,22H2,1-4H3/b21-20-. The summed E-state index contributed by atoms with van der Waals surface area (Å²) in [7, 11) is 0. The topological polar surface area (TPSA) is 41.3 Å². The fourth-order valence-electron chi connectivity index (χ4n) is 3.31. The van der Waals surface area contributed by atoms with E-state index in [4.69, 9.17) is 5.73 Å². The van der Waals surface area contributed by atoms with Crippen LogP contribution in [0.4, 0.5) is 5.69 Å². The van der Waals surface area contributed by atoms with E-state index in [0.717, 1.165) is 23.5 Å². The molecule has 0 unspecified atom stereocenters. The number of nitrogens with two attached hydrogens (primary N) is 1. The number of fused-ring (bicyclic) bond motifs is 2. The summed E-state index contributed by atoms with van der Waals surface area (Å²) in [6.45, 7) is 9.63. The van der Waals surface area contributed by atoms with Crippen molar-refractivity contribution in [3.63, 3.8) is 0 Å². The van der Waals surface area contributed by atoms with E-state index in [2.05, 4.69) is 86.4 Å². The molecule has 126 valence electrons. The van der Waals surface area contributed by atoms with E-state index in [0.29, 0.717) is 12.1 Å². The molecular weight excluding hydrogens is 294 g/mol. The van der Waals surface area contributed by atoms with Crippen molar-refractivity contribution >= 4 is 17.1 Å². The van der Waals surface area contributed by atoms with Crippen LogP contribution in [-0.4, -0.2) is 12.1 Å². The van der Waals surface area contributed by atoms with E-state index in [9.17, 15) is 0 Å². The fraction of sp³-hybridized carbons (Fsp3) is 0.333. The summed E-state index contributed by atoms with van der Waals surface area (Å²) in [6, 6.07) is 17.7. The summed E-state index contributed by atoms with van der Waals surface area (Å²) < 4.78 is 0. The van der Waals surface area contributed by atoms with Crippen LogP contribution in [0.5, 0.6) is 0 Å². The van der Waals surface area contributed by atoms with Gasteiger partial charge in [-0.3, -0.25) is 0 Å². The molecule has 0 fully saturated rings. The Kier molecular flexibility index (Phi) is 4.52. The molecular formula is C21H27N3. The van der Waals surface area contributed by atoms with Crippen molar-refractivity contribution in [3.8, 4) is 0 Å². The lowest BCUT2D eigenvalue weighted by molar-refractivity contribution is 0.676. The van der Waals surface area contributed by atoms with E-state index in [1.54, 1.807) is 0 Å². The maximum Gasteiger partial charge on any atom is 0.0659 e. The van der Waals surface area contributed by atoms with Gasteiger partial charge in [-0.25, -0.2) is 0 Å². The lowest BCUT2D eigenvalue weighted by atomic mass is 9.95. The second kappa shape index (κ2) is 6.60. The molecule has 0 spiro atoms. The maximum atomic E-state index is 6.68. The number of nitrogens with one attached hydrogen (secondary N) is 1. The highest BCUT2D eigenvalue weighted by Crippen LogP contribution is 2.35. The van der Waals surface area contributed by atoms with Gasteiger partial charge in [0.2, 0.25) is 0 Å². The highest BCUT2D eigenvalue weighted by Gasteiger charge is 2.23. The Morgan fingerprint density at radius 1 is 0.917 bits per heavy atom. The molecule has 0 radical (unpaired) electrons.